The fourth-order valence-corrected chi connectivity index (χ4v) is 4.95. The van der Waals surface area contributed by atoms with E-state index in [0.29, 0.717) is 6.04 Å². The van der Waals surface area contributed by atoms with Crippen LogP contribution in [0, 0.1) is 0 Å². The topological polar surface area (TPSA) is 21.3 Å². The van der Waals surface area contributed by atoms with Crippen molar-refractivity contribution in [2.75, 3.05) is 12.8 Å². The van der Waals surface area contributed by atoms with Gasteiger partial charge in [0.05, 0.1) is 3.79 Å². The highest BCUT2D eigenvalue weighted by Gasteiger charge is 2.27. The van der Waals surface area contributed by atoms with Crippen molar-refractivity contribution in [3.63, 3.8) is 0 Å². The van der Waals surface area contributed by atoms with Crippen molar-refractivity contribution < 1.29 is 4.74 Å². The monoisotopic (exact) mass is 369 g/mol. The molecule has 1 aliphatic rings. The summed E-state index contributed by atoms with van der Waals surface area (Å²) >= 11 is 7.20. The summed E-state index contributed by atoms with van der Waals surface area (Å²) in [5.41, 5.74) is 0. The predicted octanol–water partition coefficient (Wildman–Crippen LogP) is 4.19. The maximum Gasteiger partial charge on any atom is 0.133 e. The van der Waals surface area contributed by atoms with Crippen LogP contribution in [-0.4, -0.2) is 24.9 Å². The number of para-hydroxylation sites is 1. The van der Waals surface area contributed by atoms with Crippen molar-refractivity contribution in [2.45, 2.75) is 23.5 Å². The smallest absolute Gasteiger partial charge is 0.133 e. The molecule has 0 saturated heterocycles. The third-order valence-corrected chi connectivity index (χ3v) is 6.19. The molecule has 3 rings (SSSR count). The summed E-state index contributed by atoms with van der Waals surface area (Å²) in [6.07, 6.45) is 1.21. The Kier molecular flexibility index (Phi) is 4.71. The van der Waals surface area contributed by atoms with E-state index >= 15 is 0 Å². The number of likely N-dealkylation sites (N-methyl/N-ethyl adjacent to an activating group) is 1. The second-order valence-electron chi connectivity index (χ2n) is 4.72. The Bertz CT molecular complexity index is 587. The molecule has 5 heteroatoms. The Labute approximate surface area is 136 Å². The lowest BCUT2D eigenvalue weighted by Gasteiger charge is -2.31. The summed E-state index contributed by atoms with van der Waals surface area (Å²) in [4.78, 5) is 2.63. The minimum atomic E-state index is 0.209. The van der Waals surface area contributed by atoms with Gasteiger partial charge in [-0.3, -0.25) is 0 Å². The molecule has 20 heavy (non-hydrogen) atoms. The van der Waals surface area contributed by atoms with Gasteiger partial charge in [-0.2, -0.15) is 0 Å². The number of thiophene rings is 1. The molecule has 0 amide bonds. The van der Waals surface area contributed by atoms with Crippen molar-refractivity contribution in [1.82, 2.24) is 5.32 Å². The fourth-order valence-electron chi connectivity index (χ4n) is 2.33. The summed E-state index contributed by atoms with van der Waals surface area (Å²) < 4.78 is 7.36. The van der Waals surface area contributed by atoms with Crippen LogP contribution in [0.1, 0.15) is 4.88 Å². The first-order valence-corrected chi connectivity index (χ1v) is 9.16. The average molecular weight is 370 g/mol. The van der Waals surface area contributed by atoms with Gasteiger partial charge in [0.2, 0.25) is 0 Å². The van der Waals surface area contributed by atoms with E-state index in [9.17, 15) is 0 Å². The number of halogens is 1. The standard InChI is InChI=1S/C15H16BrNOS2/c1-17-11(8-10-6-7-15(16)20-10)13-9-19-14-5-3-2-4-12(14)18-13/h2-7,11,13,17H,8-9H2,1H3. The number of thioether (sulfide) groups is 1. The summed E-state index contributed by atoms with van der Waals surface area (Å²) in [5, 5.41) is 3.41. The molecule has 2 aromatic rings. The zero-order valence-corrected chi connectivity index (χ0v) is 14.4. The summed E-state index contributed by atoms with van der Waals surface area (Å²) in [5.74, 6) is 2.01. The minimum Gasteiger partial charge on any atom is -0.487 e. The third-order valence-electron chi connectivity index (χ3n) is 3.40. The van der Waals surface area contributed by atoms with Crippen LogP contribution in [0.15, 0.2) is 45.1 Å². The number of benzene rings is 1. The molecule has 0 bridgehead atoms. The molecular weight excluding hydrogens is 354 g/mol. The Morgan fingerprint density at radius 1 is 1.35 bits per heavy atom. The summed E-state index contributed by atoms with van der Waals surface area (Å²) in [6, 6.07) is 12.9. The summed E-state index contributed by atoms with van der Waals surface area (Å²) in [7, 11) is 2.02. The first kappa shape index (κ1) is 14.4. The molecule has 2 nitrogen and oxygen atoms in total. The Hall–Kier alpha value is -0.490. The number of rotatable bonds is 4. The predicted molar refractivity (Wildman–Crippen MR) is 90.2 cm³/mol. The van der Waals surface area contributed by atoms with Crippen LogP contribution in [0.3, 0.4) is 0 Å². The van der Waals surface area contributed by atoms with Gasteiger partial charge in [0.25, 0.3) is 0 Å². The first-order chi connectivity index (χ1) is 9.76. The fraction of sp³-hybridized carbons (Fsp3) is 0.333. The molecule has 1 aromatic heterocycles. The van der Waals surface area contributed by atoms with Gasteiger partial charge >= 0.3 is 0 Å². The van der Waals surface area contributed by atoms with E-state index in [0.717, 1.165) is 17.9 Å². The second kappa shape index (κ2) is 6.52. The molecule has 0 fully saturated rings. The molecule has 0 saturated carbocycles. The van der Waals surface area contributed by atoms with E-state index in [2.05, 4.69) is 51.6 Å². The Morgan fingerprint density at radius 3 is 2.95 bits per heavy atom. The number of hydrogen-bond acceptors (Lipinski definition) is 4. The van der Waals surface area contributed by atoms with Crippen molar-refractivity contribution in [3.8, 4) is 5.75 Å². The second-order valence-corrected chi connectivity index (χ2v) is 8.33. The van der Waals surface area contributed by atoms with Gasteiger partial charge in [-0.25, -0.2) is 0 Å². The van der Waals surface area contributed by atoms with E-state index < -0.39 is 0 Å². The molecule has 0 aliphatic carbocycles. The van der Waals surface area contributed by atoms with Crippen LogP contribution < -0.4 is 10.1 Å². The molecule has 106 valence electrons. The molecule has 1 aliphatic heterocycles. The summed E-state index contributed by atoms with van der Waals surface area (Å²) in [6.45, 7) is 0. The zero-order valence-electron chi connectivity index (χ0n) is 11.1. The number of ether oxygens (including phenoxy) is 1. The minimum absolute atomic E-state index is 0.209. The lowest BCUT2D eigenvalue weighted by atomic mass is 10.1. The van der Waals surface area contributed by atoms with E-state index in [1.165, 1.54) is 13.6 Å². The van der Waals surface area contributed by atoms with Crippen molar-refractivity contribution >= 4 is 39.0 Å². The maximum atomic E-state index is 6.17. The van der Waals surface area contributed by atoms with Gasteiger partial charge in [-0.15, -0.1) is 23.1 Å². The van der Waals surface area contributed by atoms with Crippen molar-refractivity contribution in [3.05, 3.63) is 45.1 Å². The van der Waals surface area contributed by atoms with Crippen LogP contribution in [0.4, 0.5) is 0 Å². The van der Waals surface area contributed by atoms with Gasteiger partial charge in [0.1, 0.15) is 11.9 Å². The van der Waals surface area contributed by atoms with Crippen molar-refractivity contribution in [1.29, 1.82) is 0 Å². The lowest BCUT2D eigenvalue weighted by molar-refractivity contribution is 0.170. The van der Waals surface area contributed by atoms with Gasteiger partial charge in [0, 0.05) is 28.0 Å². The average Bonchev–Trinajstić information content (AvgIpc) is 2.89. The Morgan fingerprint density at radius 2 is 2.20 bits per heavy atom. The highest BCUT2D eigenvalue weighted by atomic mass is 79.9. The Balaban J connectivity index is 1.71. The number of nitrogens with one attached hydrogen (secondary N) is 1. The van der Waals surface area contributed by atoms with Crippen LogP contribution >= 0.6 is 39.0 Å². The molecule has 2 heterocycles. The first-order valence-electron chi connectivity index (χ1n) is 6.56. The molecule has 2 unspecified atom stereocenters. The van der Waals surface area contributed by atoms with Gasteiger partial charge in [0.15, 0.2) is 0 Å². The van der Waals surface area contributed by atoms with Gasteiger partial charge in [-0.1, -0.05) is 12.1 Å². The highest BCUT2D eigenvalue weighted by Crippen LogP contribution is 2.36. The third kappa shape index (κ3) is 3.22. The van der Waals surface area contributed by atoms with Crippen LogP contribution in [0.25, 0.3) is 0 Å². The lowest BCUT2D eigenvalue weighted by Crippen LogP contribution is -2.45. The molecule has 0 spiro atoms. The van der Waals surface area contributed by atoms with E-state index in [1.54, 1.807) is 11.3 Å². The molecule has 2 atom stereocenters. The van der Waals surface area contributed by atoms with E-state index in [1.807, 2.05) is 24.9 Å². The number of hydrogen-bond donors (Lipinski definition) is 1. The van der Waals surface area contributed by atoms with E-state index in [4.69, 9.17) is 4.74 Å². The molecule has 0 radical (unpaired) electrons. The quantitative estimate of drug-likeness (QED) is 0.872. The largest absolute Gasteiger partial charge is 0.487 e. The van der Waals surface area contributed by atoms with Gasteiger partial charge < -0.3 is 10.1 Å². The van der Waals surface area contributed by atoms with Crippen LogP contribution in [-0.2, 0) is 6.42 Å². The normalized spacial score (nSPS) is 19.2. The number of fused-ring (bicyclic) bond motifs is 1. The zero-order chi connectivity index (χ0) is 13.9. The molecule has 1 N–H and O–H groups in total. The molecular formula is C15H16BrNOS2. The highest BCUT2D eigenvalue weighted by molar-refractivity contribution is 9.11. The SMILES string of the molecule is CNC(Cc1ccc(Br)s1)C1CSc2ccccc2O1. The van der Waals surface area contributed by atoms with Crippen LogP contribution in [0.2, 0.25) is 0 Å². The maximum absolute atomic E-state index is 6.17. The molecule has 1 aromatic carbocycles. The van der Waals surface area contributed by atoms with Crippen molar-refractivity contribution in [2.24, 2.45) is 0 Å². The van der Waals surface area contributed by atoms with E-state index in [-0.39, 0.29) is 6.10 Å². The van der Waals surface area contributed by atoms with Crippen LogP contribution in [0.5, 0.6) is 5.75 Å². The van der Waals surface area contributed by atoms with Gasteiger partial charge in [-0.05, 0) is 47.2 Å².